The fourth-order valence-corrected chi connectivity index (χ4v) is 3.58. The highest BCUT2D eigenvalue weighted by Gasteiger charge is 2.25. The monoisotopic (exact) mass is 266 g/mol. The lowest BCUT2D eigenvalue weighted by Gasteiger charge is -2.26. The lowest BCUT2D eigenvalue weighted by atomic mass is 10.3. The van der Waals surface area contributed by atoms with Gasteiger partial charge in [-0.3, -0.25) is 5.10 Å². The standard InChI is InChI=1S/C11H14N4O2S/c16-18(17,15-5-3-12-4-6-15)10-2-1-9-8-13-14-11(9)7-10/h1-2,7-8,12H,3-6H2,(H,13,14). The highest BCUT2D eigenvalue weighted by Crippen LogP contribution is 2.20. The Bertz CT molecular complexity index is 658. The van der Waals surface area contributed by atoms with E-state index in [1.54, 1.807) is 24.4 Å². The number of H-pyrrole nitrogens is 1. The van der Waals surface area contributed by atoms with Crippen LogP contribution >= 0.6 is 0 Å². The van der Waals surface area contributed by atoms with Crippen LogP contribution in [0.5, 0.6) is 0 Å². The van der Waals surface area contributed by atoms with Gasteiger partial charge >= 0.3 is 0 Å². The Balaban J connectivity index is 2.01. The van der Waals surface area contributed by atoms with E-state index in [1.807, 2.05) is 0 Å². The van der Waals surface area contributed by atoms with E-state index < -0.39 is 10.0 Å². The van der Waals surface area contributed by atoms with Gasteiger partial charge in [-0.25, -0.2) is 8.42 Å². The van der Waals surface area contributed by atoms with Crippen LogP contribution in [0.3, 0.4) is 0 Å². The lowest BCUT2D eigenvalue weighted by molar-refractivity contribution is 0.360. The zero-order valence-corrected chi connectivity index (χ0v) is 10.6. The van der Waals surface area contributed by atoms with Gasteiger partial charge in [-0.05, 0) is 18.2 Å². The van der Waals surface area contributed by atoms with Crippen LogP contribution in [-0.4, -0.2) is 49.1 Å². The molecule has 3 rings (SSSR count). The highest BCUT2D eigenvalue weighted by atomic mass is 32.2. The van der Waals surface area contributed by atoms with Gasteiger partial charge in [0.15, 0.2) is 0 Å². The summed E-state index contributed by atoms with van der Waals surface area (Å²) < 4.78 is 26.3. The van der Waals surface area contributed by atoms with Gasteiger partial charge in [-0.1, -0.05) is 0 Å². The molecule has 0 saturated carbocycles. The quantitative estimate of drug-likeness (QED) is 0.811. The van der Waals surface area contributed by atoms with Crippen LogP contribution in [0.2, 0.25) is 0 Å². The number of nitrogens with zero attached hydrogens (tertiary/aromatic N) is 2. The van der Waals surface area contributed by atoms with Gasteiger partial charge in [0.05, 0.1) is 16.6 Å². The summed E-state index contributed by atoms with van der Waals surface area (Å²) in [6.45, 7) is 2.43. The van der Waals surface area contributed by atoms with Crippen LogP contribution in [0.15, 0.2) is 29.3 Å². The Morgan fingerprint density at radius 2 is 2.00 bits per heavy atom. The molecule has 7 heteroatoms. The molecule has 0 atom stereocenters. The Hall–Kier alpha value is -1.44. The average molecular weight is 266 g/mol. The minimum absolute atomic E-state index is 0.321. The molecule has 96 valence electrons. The number of benzene rings is 1. The molecule has 1 aromatic heterocycles. The number of hydrogen-bond donors (Lipinski definition) is 2. The Morgan fingerprint density at radius 3 is 2.78 bits per heavy atom. The fraction of sp³-hybridized carbons (Fsp3) is 0.364. The van der Waals surface area contributed by atoms with Crippen LogP contribution in [-0.2, 0) is 10.0 Å². The van der Waals surface area contributed by atoms with E-state index in [-0.39, 0.29) is 0 Å². The second-order valence-corrected chi connectivity index (χ2v) is 6.21. The number of rotatable bonds is 2. The molecule has 0 bridgehead atoms. The number of piperazine rings is 1. The summed E-state index contributed by atoms with van der Waals surface area (Å²) in [6, 6.07) is 5.04. The van der Waals surface area contributed by atoms with Crippen molar-refractivity contribution in [3.63, 3.8) is 0 Å². The molecule has 1 fully saturated rings. The van der Waals surface area contributed by atoms with Crippen molar-refractivity contribution in [2.45, 2.75) is 4.90 Å². The second kappa shape index (κ2) is 4.34. The van der Waals surface area contributed by atoms with Gasteiger partial charge in [0.2, 0.25) is 10.0 Å². The van der Waals surface area contributed by atoms with E-state index in [0.29, 0.717) is 31.1 Å². The van der Waals surface area contributed by atoms with Gasteiger partial charge in [-0.2, -0.15) is 9.40 Å². The topological polar surface area (TPSA) is 78.1 Å². The minimum Gasteiger partial charge on any atom is -0.314 e. The maximum Gasteiger partial charge on any atom is 0.243 e. The molecule has 1 aliphatic heterocycles. The van der Waals surface area contributed by atoms with Crippen LogP contribution in [0, 0.1) is 0 Å². The number of hydrogen-bond acceptors (Lipinski definition) is 4. The zero-order chi connectivity index (χ0) is 12.6. The number of fused-ring (bicyclic) bond motifs is 1. The van der Waals surface area contributed by atoms with Crippen molar-refractivity contribution in [2.24, 2.45) is 0 Å². The molecule has 2 heterocycles. The molecule has 2 N–H and O–H groups in total. The van der Waals surface area contributed by atoms with E-state index in [1.165, 1.54) is 4.31 Å². The van der Waals surface area contributed by atoms with Crippen LogP contribution in [0.4, 0.5) is 0 Å². The van der Waals surface area contributed by atoms with Gasteiger partial charge in [0.25, 0.3) is 0 Å². The van der Waals surface area contributed by atoms with Gasteiger partial charge < -0.3 is 5.32 Å². The third kappa shape index (κ3) is 1.90. The summed E-state index contributed by atoms with van der Waals surface area (Å²) in [5.41, 5.74) is 0.742. The number of aromatic amines is 1. The van der Waals surface area contributed by atoms with Crippen LogP contribution in [0.1, 0.15) is 0 Å². The molecule has 0 radical (unpaired) electrons. The van der Waals surface area contributed by atoms with Crippen molar-refractivity contribution in [3.8, 4) is 0 Å². The van der Waals surface area contributed by atoms with Crippen molar-refractivity contribution in [1.29, 1.82) is 0 Å². The number of sulfonamides is 1. The van der Waals surface area contributed by atoms with E-state index in [0.717, 1.165) is 10.9 Å². The molecular weight excluding hydrogens is 252 g/mol. The first-order chi connectivity index (χ1) is 8.68. The first-order valence-corrected chi connectivity index (χ1v) is 7.26. The average Bonchev–Trinajstić information content (AvgIpc) is 2.87. The summed E-state index contributed by atoms with van der Waals surface area (Å²) in [5.74, 6) is 0. The highest BCUT2D eigenvalue weighted by molar-refractivity contribution is 7.89. The lowest BCUT2D eigenvalue weighted by Crippen LogP contribution is -2.46. The molecule has 0 unspecified atom stereocenters. The zero-order valence-electron chi connectivity index (χ0n) is 9.76. The van der Waals surface area contributed by atoms with Crippen molar-refractivity contribution >= 4 is 20.9 Å². The summed E-state index contributed by atoms with van der Waals surface area (Å²) >= 11 is 0. The van der Waals surface area contributed by atoms with Crippen molar-refractivity contribution in [2.75, 3.05) is 26.2 Å². The molecular formula is C11H14N4O2S. The molecule has 6 nitrogen and oxygen atoms in total. The molecule has 0 spiro atoms. The van der Waals surface area contributed by atoms with Gasteiger partial charge in [-0.15, -0.1) is 0 Å². The summed E-state index contributed by atoms with van der Waals surface area (Å²) in [6.07, 6.45) is 1.68. The van der Waals surface area contributed by atoms with E-state index in [9.17, 15) is 8.42 Å². The fourth-order valence-electron chi connectivity index (χ4n) is 2.11. The van der Waals surface area contributed by atoms with Crippen molar-refractivity contribution in [3.05, 3.63) is 24.4 Å². The Morgan fingerprint density at radius 1 is 1.22 bits per heavy atom. The Labute approximate surface area is 105 Å². The third-order valence-electron chi connectivity index (χ3n) is 3.13. The summed E-state index contributed by atoms with van der Waals surface area (Å²) in [7, 11) is -3.39. The van der Waals surface area contributed by atoms with E-state index in [2.05, 4.69) is 15.5 Å². The maximum atomic E-state index is 12.4. The first kappa shape index (κ1) is 11.6. The van der Waals surface area contributed by atoms with Gasteiger partial charge in [0, 0.05) is 31.6 Å². The SMILES string of the molecule is O=S(=O)(c1ccc2cn[nH]c2c1)N1CCNCC1. The number of aromatic nitrogens is 2. The number of nitrogens with one attached hydrogen (secondary N) is 2. The van der Waals surface area contributed by atoms with Crippen molar-refractivity contribution in [1.82, 2.24) is 19.8 Å². The second-order valence-electron chi connectivity index (χ2n) is 4.27. The van der Waals surface area contributed by atoms with Crippen LogP contribution < -0.4 is 5.32 Å². The van der Waals surface area contributed by atoms with Crippen molar-refractivity contribution < 1.29 is 8.42 Å². The largest absolute Gasteiger partial charge is 0.314 e. The molecule has 0 amide bonds. The van der Waals surface area contributed by atoms with Crippen LogP contribution in [0.25, 0.3) is 10.9 Å². The predicted octanol–water partition coefficient (Wildman–Crippen LogP) is 0.157. The van der Waals surface area contributed by atoms with E-state index >= 15 is 0 Å². The molecule has 1 aliphatic rings. The molecule has 1 saturated heterocycles. The molecule has 2 aromatic rings. The normalized spacial score (nSPS) is 18.2. The molecule has 18 heavy (non-hydrogen) atoms. The summed E-state index contributed by atoms with van der Waals surface area (Å²) in [5, 5.41) is 10.7. The summed E-state index contributed by atoms with van der Waals surface area (Å²) in [4.78, 5) is 0.321. The predicted molar refractivity (Wildman–Crippen MR) is 67.7 cm³/mol. The molecule has 0 aliphatic carbocycles. The minimum atomic E-state index is -3.39. The Kier molecular flexibility index (Phi) is 2.81. The third-order valence-corrected chi connectivity index (χ3v) is 5.02. The van der Waals surface area contributed by atoms with Gasteiger partial charge in [0.1, 0.15) is 0 Å². The maximum absolute atomic E-state index is 12.4. The first-order valence-electron chi connectivity index (χ1n) is 5.82. The smallest absolute Gasteiger partial charge is 0.243 e. The molecule has 1 aromatic carbocycles. The van der Waals surface area contributed by atoms with E-state index in [4.69, 9.17) is 0 Å².